The van der Waals surface area contributed by atoms with Gasteiger partial charge in [0.1, 0.15) is 4.87 Å². The first-order valence-electron chi connectivity index (χ1n) is 6.96. The summed E-state index contributed by atoms with van der Waals surface area (Å²) < 4.78 is 0. The average molecular weight is 334 g/mol. The minimum Gasteiger partial charge on any atom is -0.326 e. The third-order valence-electron chi connectivity index (χ3n) is 3.19. The Morgan fingerprint density at radius 1 is 1.13 bits per heavy atom. The lowest BCUT2D eigenvalue weighted by Crippen LogP contribution is -2.37. The Labute approximate surface area is 138 Å². The molecule has 23 heavy (non-hydrogen) atoms. The lowest BCUT2D eigenvalue weighted by Gasteiger charge is -2.31. The van der Waals surface area contributed by atoms with Crippen molar-refractivity contribution in [3.05, 3.63) is 29.8 Å². The fourth-order valence-corrected chi connectivity index (χ4v) is 3.47. The molecule has 2 rings (SSSR count). The first-order valence-corrected chi connectivity index (χ1v) is 7.78. The van der Waals surface area contributed by atoms with Crippen molar-refractivity contribution in [2.75, 3.05) is 5.32 Å². The molecule has 3 amide bonds. The summed E-state index contributed by atoms with van der Waals surface area (Å²) in [5.41, 5.74) is 1.42. The van der Waals surface area contributed by atoms with Crippen molar-refractivity contribution in [1.82, 2.24) is 10.3 Å². The van der Waals surface area contributed by atoms with Crippen LogP contribution < -0.4 is 10.6 Å². The van der Waals surface area contributed by atoms with E-state index in [0.29, 0.717) is 10.9 Å². The highest BCUT2D eigenvalue weighted by atomic mass is 32.2. The number of hydrazone groups is 1. The van der Waals surface area contributed by atoms with Crippen LogP contribution in [0.5, 0.6) is 0 Å². The molecule has 1 heterocycles. The third kappa shape index (κ3) is 3.70. The number of thioether (sulfide) groups is 1. The summed E-state index contributed by atoms with van der Waals surface area (Å²) in [6, 6.07) is 7.19. The normalized spacial score (nSPS) is 20.0. The lowest BCUT2D eigenvalue weighted by atomic mass is 10.1. The molecular formula is C15H18N4O3S. The molecular weight excluding hydrogens is 316 g/mol. The van der Waals surface area contributed by atoms with Gasteiger partial charge in [-0.3, -0.25) is 14.4 Å². The van der Waals surface area contributed by atoms with Gasteiger partial charge in [0.25, 0.3) is 0 Å². The minimum absolute atomic E-state index is 0.176. The highest BCUT2D eigenvalue weighted by molar-refractivity contribution is 8.14. The SMILES string of the molecule is CC(=O)NC1=NN(C(C)=O)[C@@](C)(c2cccc(NC(C)=O)c2)S1. The topological polar surface area (TPSA) is 90.9 Å². The van der Waals surface area contributed by atoms with Crippen molar-refractivity contribution in [3.63, 3.8) is 0 Å². The molecule has 0 fully saturated rings. The molecule has 8 heteroatoms. The Morgan fingerprint density at radius 2 is 1.78 bits per heavy atom. The van der Waals surface area contributed by atoms with E-state index in [9.17, 15) is 14.4 Å². The second-order valence-electron chi connectivity index (χ2n) is 5.26. The number of anilines is 1. The van der Waals surface area contributed by atoms with E-state index in [2.05, 4.69) is 15.7 Å². The van der Waals surface area contributed by atoms with E-state index in [1.165, 1.54) is 37.5 Å². The maximum atomic E-state index is 12.0. The van der Waals surface area contributed by atoms with Crippen molar-refractivity contribution in [3.8, 4) is 0 Å². The molecule has 0 unspecified atom stereocenters. The lowest BCUT2D eigenvalue weighted by molar-refractivity contribution is -0.131. The Kier molecular flexibility index (Phi) is 4.74. The molecule has 1 atom stereocenters. The van der Waals surface area contributed by atoms with Gasteiger partial charge in [0.15, 0.2) is 5.17 Å². The summed E-state index contributed by atoms with van der Waals surface area (Å²) in [6.45, 7) is 6.06. The summed E-state index contributed by atoms with van der Waals surface area (Å²) in [5, 5.41) is 11.2. The number of carbonyl (C=O) groups is 3. The number of rotatable bonds is 2. The van der Waals surface area contributed by atoms with Crippen LogP contribution in [-0.2, 0) is 19.3 Å². The zero-order chi connectivity index (χ0) is 17.2. The number of nitrogens with zero attached hydrogens (tertiary/aromatic N) is 2. The molecule has 0 saturated carbocycles. The number of nitrogens with one attached hydrogen (secondary N) is 2. The van der Waals surface area contributed by atoms with Gasteiger partial charge in [-0.05, 0) is 24.6 Å². The molecule has 1 aromatic rings. The van der Waals surface area contributed by atoms with Crippen LogP contribution in [0, 0.1) is 0 Å². The van der Waals surface area contributed by atoms with Crippen molar-refractivity contribution in [2.24, 2.45) is 5.10 Å². The first kappa shape index (κ1) is 17.0. The summed E-state index contributed by atoms with van der Waals surface area (Å²) in [6.07, 6.45) is 0. The quantitative estimate of drug-likeness (QED) is 0.863. The molecule has 1 aromatic carbocycles. The van der Waals surface area contributed by atoms with E-state index in [-0.39, 0.29) is 17.7 Å². The smallest absolute Gasteiger partial charge is 0.241 e. The highest BCUT2D eigenvalue weighted by Gasteiger charge is 2.44. The fourth-order valence-electron chi connectivity index (χ4n) is 2.28. The van der Waals surface area contributed by atoms with Crippen LogP contribution in [0.4, 0.5) is 5.69 Å². The minimum atomic E-state index is -0.807. The van der Waals surface area contributed by atoms with Crippen LogP contribution in [-0.4, -0.2) is 27.9 Å². The van der Waals surface area contributed by atoms with Crippen molar-refractivity contribution >= 4 is 40.3 Å². The van der Waals surface area contributed by atoms with Gasteiger partial charge in [-0.2, -0.15) is 0 Å². The first-order chi connectivity index (χ1) is 10.7. The number of amides is 3. The second-order valence-corrected chi connectivity index (χ2v) is 6.65. The Bertz CT molecular complexity index is 704. The fraction of sp³-hybridized carbons (Fsp3) is 0.333. The van der Waals surface area contributed by atoms with Gasteiger partial charge in [-0.15, -0.1) is 5.10 Å². The van der Waals surface area contributed by atoms with Crippen molar-refractivity contribution in [1.29, 1.82) is 0 Å². The van der Waals surface area contributed by atoms with E-state index in [1.807, 2.05) is 13.0 Å². The predicted octanol–water partition coefficient (Wildman–Crippen LogP) is 1.82. The monoisotopic (exact) mass is 334 g/mol. The maximum Gasteiger partial charge on any atom is 0.241 e. The van der Waals surface area contributed by atoms with Crippen LogP contribution in [0.15, 0.2) is 29.4 Å². The van der Waals surface area contributed by atoms with Gasteiger partial charge >= 0.3 is 0 Å². The second kappa shape index (κ2) is 6.41. The van der Waals surface area contributed by atoms with E-state index in [1.54, 1.807) is 18.2 Å². The van der Waals surface area contributed by atoms with Crippen LogP contribution >= 0.6 is 11.8 Å². The Balaban J connectivity index is 2.38. The summed E-state index contributed by atoms with van der Waals surface area (Å²) in [7, 11) is 0. The summed E-state index contributed by atoms with van der Waals surface area (Å²) in [5.74, 6) is -0.675. The van der Waals surface area contributed by atoms with Crippen LogP contribution in [0.1, 0.15) is 33.3 Å². The predicted molar refractivity (Wildman–Crippen MR) is 89.5 cm³/mol. The van der Waals surface area contributed by atoms with Gasteiger partial charge in [-0.1, -0.05) is 23.9 Å². The Morgan fingerprint density at radius 3 is 2.35 bits per heavy atom. The molecule has 0 bridgehead atoms. The van der Waals surface area contributed by atoms with Crippen LogP contribution in [0.2, 0.25) is 0 Å². The van der Waals surface area contributed by atoms with Gasteiger partial charge < -0.3 is 10.6 Å². The van der Waals surface area contributed by atoms with Gasteiger partial charge in [0, 0.05) is 26.5 Å². The number of amidine groups is 1. The zero-order valence-electron chi connectivity index (χ0n) is 13.3. The van der Waals surface area contributed by atoms with E-state index in [4.69, 9.17) is 0 Å². The number of carbonyl (C=O) groups excluding carboxylic acids is 3. The van der Waals surface area contributed by atoms with E-state index < -0.39 is 4.87 Å². The number of benzene rings is 1. The third-order valence-corrected chi connectivity index (χ3v) is 4.37. The molecule has 0 aliphatic carbocycles. The molecule has 1 aliphatic heterocycles. The molecule has 0 saturated heterocycles. The number of hydrogen-bond acceptors (Lipinski definition) is 5. The van der Waals surface area contributed by atoms with E-state index >= 15 is 0 Å². The summed E-state index contributed by atoms with van der Waals surface area (Å²) >= 11 is 1.27. The molecule has 122 valence electrons. The average Bonchev–Trinajstić information content (AvgIpc) is 2.76. The van der Waals surface area contributed by atoms with Crippen molar-refractivity contribution in [2.45, 2.75) is 32.6 Å². The van der Waals surface area contributed by atoms with Gasteiger partial charge in [-0.25, -0.2) is 5.01 Å². The molecule has 2 N–H and O–H groups in total. The van der Waals surface area contributed by atoms with Gasteiger partial charge in [0.2, 0.25) is 17.7 Å². The Hall–Kier alpha value is -2.35. The summed E-state index contributed by atoms with van der Waals surface area (Å²) in [4.78, 5) is 33.6. The zero-order valence-corrected chi connectivity index (χ0v) is 14.2. The molecule has 0 spiro atoms. The highest BCUT2D eigenvalue weighted by Crippen LogP contribution is 2.45. The number of hydrogen-bond donors (Lipinski definition) is 2. The largest absolute Gasteiger partial charge is 0.326 e. The van der Waals surface area contributed by atoms with Crippen LogP contribution in [0.25, 0.3) is 0 Å². The molecule has 0 aromatic heterocycles. The maximum absolute atomic E-state index is 12.0. The molecule has 7 nitrogen and oxygen atoms in total. The standard InChI is InChI=1S/C15H18N4O3S/c1-9(20)16-13-7-5-6-12(8-13)15(4)19(11(3)22)18-14(23-15)17-10(2)21/h5-8H,1-4H3,(H,16,20)(H,17,18,21)/t15-/m1/s1. The van der Waals surface area contributed by atoms with Crippen molar-refractivity contribution < 1.29 is 14.4 Å². The van der Waals surface area contributed by atoms with E-state index in [0.717, 1.165) is 5.56 Å². The molecule has 1 aliphatic rings. The van der Waals surface area contributed by atoms with Gasteiger partial charge in [0.05, 0.1) is 0 Å². The van der Waals surface area contributed by atoms with Crippen LogP contribution in [0.3, 0.4) is 0 Å². The molecule has 0 radical (unpaired) electrons.